The summed E-state index contributed by atoms with van der Waals surface area (Å²) in [6.07, 6.45) is 0. The van der Waals surface area contributed by atoms with Crippen LogP contribution in [0.5, 0.6) is 0 Å². The lowest BCUT2D eigenvalue weighted by molar-refractivity contribution is -0.114. The van der Waals surface area contributed by atoms with E-state index in [-0.39, 0.29) is 11.4 Å². The van der Waals surface area contributed by atoms with Gasteiger partial charge in [0.25, 0.3) is 10.0 Å². The number of nitrogens with one attached hydrogen (secondary N) is 1. The number of hydrogen-bond acceptors (Lipinski definition) is 3. The van der Waals surface area contributed by atoms with Gasteiger partial charge in [0.1, 0.15) is 6.54 Å². The molecule has 1 amide bonds. The second kappa shape index (κ2) is 8.77. The van der Waals surface area contributed by atoms with E-state index < -0.39 is 15.9 Å². The molecule has 0 aliphatic carbocycles. The number of nitrogens with zero attached hydrogens (tertiary/aromatic N) is 1. The monoisotopic (exact) mass is 478 g/mol. The van der Waals surface area contributed by atoms with Crippen LogP contribution in [-0.2, 0) is 14.8 Å². The molecule has 0 radical (unpaired) electrons. The van der Waals surface area contributed by atoms with Crippen molar-refractivity contribution in [2.45, 2.75) is 4.90 Å². The lowest BCUT2D eigenvalue weighted by Gasteiger charge is -2.24. The molecule has 144 valence electrons. The fourth-order valence-corrected chi connectivity index (χ4v) is 4.48. The normalized spacial score (nSPS) is 11.1. The van der Waals surface area contributed by atoms with Crippen LogP contribution >= 0.6 is 27.5 Å². The highest BCUT2D eigenvalue weighted by atomic mass is 79.9. The van der Waals surface area contributed by atoms with Crippen molar-refractivity contribution < 1.29 is 13.2 Å². The Bertz CT molecular complexity index is 1070. The van der Waals surface area contributed by atoms with E-state index in [0.717, 1.165) is 4.31 Å². The molecule has 3 aromatic carbocycles. The maximum atomic E-state index is 13.2. The molecule has 5 nitrogen and oxygen atoms in total. The summed E-state index contributed by atoms with van der Waals surface area (Å²) in [4.78, 5) is 12.7. The Morgan fingerprint density at radius 1 is 0.964 bits per heavy atom. The third kappa shape index (κ3) is 4.92. The average molecular weight is 480 g/mol. The highest BCUT2D eigenvalue weighted by Crippen LogP contribution is 2.26. The molecule has 0 heterocycles. The molecule has 0 atom stereocenters. The van der Waals surface area contributed by atoms with Crippen molar-refractivity contribution in [1.82, 2.24) is 0 Å². The number of anilines is 2. The number of carbonyl (C=O) groups excluding carboxylic acids is 1. The molecule has 0 bridgehead atoms. The Balaban J connectivity index is 1.92. The lowest BCUT2D eigenvalue weighted by Crippen LogP contribution is -2.38. The molecule has 0 aliphatic heterocycles. The fraction of sp³-hybridized carbons (Fsp3) is 0.0500. The van der Waals surface area contributed by atoms with Crippen molar-refractivity contribution in [1.29, 1.82) is 0 Å². The van der Waals surface area contributed by atoms with Gasteiger partial charge in [0.2, 0.25) is 5.91 Å². The third-order valence-corrected chi connectivity index (χ3v) is 6.38. The van der Waals surface area contributed by atoms with Gasteiger partial charge in [-0.3, -0.25) is 9.10 Å². The number of sulfonamides is 1. The van der Waals surface area contributed by atoms with Gasteiger partial charge in [-0.05, 0) is 54.6 Å². The highest BCUT2D eigenvalue weighted by molar-refractivity contribution is 9.10. The van der Waals surface area contributed by atoms with E-state index in [2.05, 4.69) is 21.2 Å². The zero-order valence-electron chi connectivity index (χ0n) is 14.5. The smallest absolute Gasteiger partial charge is 0.264 e. The van der Waals surface area contributed by atoms with Crippen LogP contribution in [0.1, 0.15) is 0 Å². The van der Waals surface area contributed by atoms with Gasteiger partial charge in [0, 0.05) is 15.2 Å². The van der Waals surface area contributed by atoms with Crippen LogP contribution in [0.4, 0.5) is 11.4 Å². The maximum absolute atomic E-state index is 13.2. The maximum Gasteiger partial charge on any atom is 0.264 e. The minimum absolute atomic E-state index is 0.106. The molecule has 0 aromatic heterocycles. The molecule has 3 rings (SSSR count). The zero-order valence-corrected chi connectivity index (χ0v) is 17.7. The standard InChI is InChI=1S/C20H16BrClN2O3S/c21-15-5-4-6-18(13-15)24(28(26,27)19-7-2-1-3-8-19)14-20(25)23-17-11-9-16(22)10-12-17/h1-13H,14H2,(H,23,25). The first-order valence-electron chi connectivity index (χ1n) is 8.25. The molecule has 0 unspecified atom stereocenters. The Labute approximate surface area is 177 Å². The molecule has 0 saturated carbocycles. The summed E-state index contributed by atoms with van der Waals surface area (Å²) in [6.45, 7) is -0.379. The fourth-order valence-electron chi connectivity index (χ4n) is 2.53. The van der Waals surface area contributed by atoms with Crippen molar-refractivity contribution in [3.05, 3.63) is 88.4 Å². The van der Waals surface area contributed by atoms with E-state index in [4.69, 9.17) is 11.6 Å². The molecular weight excluding hydrogens is 464 g/mol. The van der Waals surface area contributed by atoms with Crippen molar-refractivity contribution in [3.63, 3.8) is 0 Å². The van der Waals surface area contributed by atoms with Crippen LogP contribution in [0.25, 0.3) is 0 Å². The number of amides is 1. The van der Waals surface area contributed by atoms with E-state index in [1.54, 1.807) is 66.7 Å². The second-order valence-electron chi connectivity index (χ2n) is 5.86. The zero-order chi connectivity index (χ0) is 20.1. The second-order valence-corrected chi connectivity index (χ2v) is 9.07. The van der Waals surface area contributed by atoms with E-state index in [1.807, 2.05) is 0 Å². The number of carbonyl (C=O) groups is 1. The molecule has 0 aliphatic rings. The summed E-state index contributed by atoms with van der Waals surface area (Å²) in [5.74, 6) is -0.471. The SMILES string of the molecule is O=C(CN(c1cccc(Br)c1)S(=O)(=O)c1ccccc1)Nc1ccc(Cl)cc1. The summed E-state index contributed by atoms with van der Waals surface area (Å²) in [5.41, 5.74) is 0.908. The molecule has 1 N–H and O–H groups in total. The number of rotatable bonds is 6. The van der Waals surface area contributed by atoms with Crippen LogP contribution < -0.4 is 9.62 Å². The Morgan fingerprint density at radius 3 is 2.29 bits per heavy atom. The van der Waals surface area contributed by atoms with Crippen LogP contribution in [-0.4, -0.2) is 20.9 Å². The molecule has 0 fully saturated rings. The van der Waals surface area contributed by atoms with Crippen LogP contribution in [0.3, 0.4) is 0 Å². The first kappa shape index (κ1) is 20.4. The lowest BCUT2D eigenvalue weighted by atomic mass is 10.3. The predicted octanol–water partition coefficient (Wildman–Crippen LogP) is 4.94. The van der Waals surface area contributed by atoms with Crippen LogP contribution in [0, 0.1) is 0 Å². The molecule has 8 heteroatoms. The van der Waals surface area contributed by atoms with Gasteiger partial charge < -0.3 is 5.32 Å². The first-order valence-corrected chi connectivity index (χ1v) is 10.9. The van der Waals surface area contributed by atoms with E-state index in [9.17, 15) is 13.2 Å². The summed E-state index contributed by atoms with van der Waals surface area (Å²) >= 11 is 9.20. The van der Waals surface area contributed by atoms with Gasteiger partial charge in [-0.2, -0.15) is 0 Å². The third-order valence-electron chi connectivity index (χ3n) is 3.84. The van der Waals surface area contributed by atoms with Crippen molar-refractivity contribution in [2.24, 2.45) is 0 Å². The number of benzene rings is 3. The molecule has 3 aromatic rings. The molecule has 0 spiro atoms. The summed E-state index contributed by atoms with van der Waals surface area (Å²) in [6, 6.07) is 21.4. The minimum Gasteiger partial charge on any atom is -0.325 e. The van der Waals surface area contributed by atoms with Gasteiger partial charge in [-0.25, -0.2) is 8.42 Å². The van der Waals surface area contributed by atoms with E-state index in [1.165, 1.54) is 12.1 Å². The molecule has 0 saturated heterocycles. The summed E-state index contributed by atoms with van der Waals surface area (Å²) < 4.78 is 28.2. The highest BCUT2D eigenvalue weighted by Gasteiger charge is 2.27. The quantitative estimate of drug-likeness (QED) is 0.545. The molecule has 28 heavy (non-hydrogen) atoms. The van der Waals surface area contributed by atoms with Crippen LogP contribution in [0.15, 0.2) is 88.2 Å². The number of halogens is 2. The van der Waals surface area contributed by atoms with Gasteiger partial charge in [0.05, 0.1) is 10.6 Å². The summed E-state index contributed by atoms with van der Waals surface area (Å²) in [5, 5.41) is 3.23. The van der Waals surface area contributed by atoms with Crippen molar-refractivity contribution in [2.75, 3.05) is 16.2 Å². The predicted molar refractivity (Wildman–Crippen MR) is 115 cm³/mol. The van der Waals surface area contributed by atoms with Gasteiger partial charge in [-0.15, -0.1) is 0 Å². The summed E-state index contributed by atoms with van der Waals surface area (Å²) in [7, 11) is -3.93. The van der Waals surface area contributed by atoms with Crippen LogP contribution in [0.2, 0.25) is 5.02 Å². The van der Waals surface area contributed by atoms with Crippen molar-refractivity contribution in [3.8, 4) is 0 Å². The van der Waals surface area contributed by atoms with Gasteiger partial charge in [0.15, 0.2) is 0 Å². The van der Waals surface area contributed by atoms with Gasteiger partial charge >= 0.3 is 0 Å². The van der Waals surface area contributed by atoms with Crippen molar-refractivity contribution >= 4 is 54.8 Å². The van der Waals surface area contributed by atoms with E-state index >= 15 is 0 Å². The molecular formula is C20H16BrClN2O3S. The largest absolute Gasteiger partial charge is 0.325 e. The Morgan fingerprint density at radius 2 is 1.64 bits per heavy atom. The van der Waals surface area contributed by atoms with E-state index in [0.29, 0.717) is 20.9 Å². The average Bonchev–Trinajstić information content (AvgIpc) is 2.68. The Hall–Kier alpha value is -2.35. The van der Waals surface area contributed by atoms with Gasteiger partial charge in [-0.1, -0.05) is 51.8 Å². The number of hydrogen-bond donors (Lipinski definition) is 1. The topological polar surface area (TPSA) is 66.5 Å². The first-order chi connectivity index (χ1) is 13.4. The Kier molecular flexibility index (Phi) is 6.39. The minimum atomic E-state index is -3.93.